The Morgan fingerprint density at radius 1 is 1.04 bits per heavy atom. The van der Waals surface area contributed by atoms with Gasteiger partial charge in [-0.05, 0) is 44.1 Å². The minimum absolute atomic E-state index is 0.0226. The van der Waals surface area contributed by atoms with Gasteiger partial charge in [-0.1, -0.05) is 24.6 Å². The molecule has 0 spiro atoms. The number of rotatable bonds is 3. The van der Waals surface area contributed by atoms with Crippen LogP contribution in [0.25, 0.3) is 0 Å². The number of likely N-dealkylation sites (tertiary alicyclic amines) is 1. The first-order chi connectivity index (χ1) is 11.8. The van der Waals surface area contributed by atoms with Crippen LogP contribution < -0.4 is 4.90 Å². The van der Waals surface area contributed by atoms with Gasteiger partial charge in [0.05, 0.1) is 24.2 Å². The number of carbonyl (C=O) groups is 1. The molecule has 4 rings (SSSR count). The van der Waals surface area contributed by atoms with Gasteiger partial charge in [0.2, 0.25) is 0 Å². The number of pyridine rings is 1. The van der Waals surface area contributed by atoms with E-state index in [2.05, 4.69) is 14.9 Å². The normalized spacial score (nSPS) is 19.8. The average Bonchev–Trinajstić information content (AvgIpc) is 2.90. The molecule has 3 heterocycles. The van der Waals surface area contributed by atoms with Gasteiger partial charge >= 0.3 is 0 Å². The van der Waals surface area contributed by atoms with Gasteiger partial charge in [0.1, 0.15) is 5.71 Å². The molecule has 0 radical (unpaired) electrons. The average molecular weight is 320 g/mol. The van der Waals surface area contributed by atoms with Crippen molar-refractivity contribution in [3.8, 4) is 0 Å². The van der Waals surface area contributed by atoms with Crippen LogP contribution in [0.1, 0.15) is 24.8 Å². The zero-order valence-corrected chi connectivity index (χ0v) is 13.6. The van der Waals surface area contributed by atoms with Crippen LogP contribution in [-0.2, 0) is 4.79 Å². The van der Waals surface area contributed by atoms with Gasteiger partial charge in [0, 0.05) is 11.8 Å². The summed E-state index contributed by atoms with van der Waals surface area (Å²) in [5.41, 5.74) is 3.07. The highest BCUT2D eigenvalue weighted by Crippen LogP contribution is 2.31. The van der Waals surface area contributed by atoms with Crippen molar-refractivity contribution in [2.45, 2.75) is 19.3 Å². The number of aromatic nitrogens is 1. The molecule has 2 aromatic rings. The van der Waals surface area contributed by atoms with Crippen molar-refractivity contribution in [3.05, 3.63) is 54.4 Å². The van der Waals surface area contributed by atoms with Crippen LogP contribution in [0, 0.1) is 0 Å². The van der Waals surface area contributed by atoms with Crippen molar-refractivity contribution >= 4 is 23.0 Å². The predicted octanol–water partition coefficient (Wildman–Crippen LogP) is 2.99. The lowest BCUT2D eigenvalue weighted by atomic mass is 10.1. The van der Waals surface area contributed by atoms with Gasteiger partial charge < -0.3 is 0 Å². The number of anilines is 1. The highest BCUT2D eigenvalue weighted by atomic mass is 16.2. The van der Waals surface area contributed by atoms with Crippen LogP contribution in [0.3, 0.4) is 0 Å². The molecule has 0 unspecified atom stereocenters. The van der Waals surface area contributed by atoms with Gasteiger partial charge in [0.25, 0.3) is 5.91 Å². The van der Waals surface area contributed by atoms with Crippen molar-refractivity contribution in [1.29, 1.82) is 0 Å². The number of benzene rings is 1. The lowest BCUT2D eigenvalue weighted by Crippen LogP contribution is -2.43. The van der Waals surface area contributed by atoms with Crippen LogP contribution in [0.4, 0.5) is 11.4 Å². The van der Waals surface area contributed by atoms with Crippen LogP contribution in [0.5, 0.6) is 0 Å². The second-order valence-electron chi connectivity index (χ2n) is 6.24. The third-order valence-corrected chi connectivity index (χ3v) is 4.57. The number of para-hydroxylation sites is 1. The Bertz CT molecular complexity index is 766. The highest BCUT2D eigenvalue weighted by Gasteiger charge is 2.34. The maximum Gasteiger partial charge on any atom is 0.278 e. The lowest BCUT2D eigenvalue weighted by molar-refractivity contribution is -0.112. The summed E-state index contributed by atoms with van der Waals surface area (Å²) in [6.45, 7) is 2.75. The SMILES string of the molecule is O=C1C(=Nc2cccnc2)c2ccccc2N1CN1CCCCC1. The third-order valence-electron chi connectivity index (χ3n) is 4.57. The molecule has 5 nitrogen and oxygen atoms in total. The fourth-order valence-electron chi connectivity index (χ4n) is 3.36. The smallest absolute Gasteiger partial charge is 0.278 e. The molecule has 0 saturated carbocycles. The molecule has 0 bridgehead atoms. The van der Waals surface area contributed by atoms with E-state index in [-0.39, 0.29) is 5.91 Å². The van der Waals surface area contributed by atoms with E-state index in [4.69, 9.17) is 0 Å². The molecule has 1 aromatic carbocycles. The fourth-order valence-corrected chi connectivity index (χ4v) is 3.36. The fraction of sp³-hybridized carbons (Fsp3) is 0.316. The molecule has 1 fully saturated rings. The summed E-state index contributed by atoms with van der Waals surface area (Å²) >= 11 is 0. The molecule has 1 aromatic heterocycles. The number of amides is 1. The summed E-state index contributed by atoms with van der Waals surface area (Å²) in [5.74, 6) is -0.0226. The van der Waals surface area contributed by atoms with Crippen LogP contribution in [0.15, 0.2) is 53.8 Å². The minimum Gasteiger partial charge on any atom is -0.293 e. The number of hydrogen-bond acceptors (Lipinski definition) is 4. The number of nitrogens with zero attached hydrogens (tertiary/aromatic N) is 4. The number of piperidine rings is 1. The Morgan fingerprint density at radius 3 is 2.67 bits per heavy atom. The van der Waals surface area contributed by atoms with E-state index in [0.29, 0.717) is 18.1 Å². The first-order valence-electron chi connectivity index (χ1n) is 8.45. The highest BCUT2D eigenvalue weighted by molar-refractivity contribution is 6.54. The Kier molecular flexibility index (Phi) is 4.09. The van der Waals surface area contributed by atoms with Gasteiger partial charge in [-0.15, -0.1) is 0 Å². The van der Waals surface area contributed by atoms with Gasteiger partial charge in [-0.3, -0.25) is 19.6 Å². The third kappa shape index (κ3) is 2.83. The van der Waals surface area contributed by atoms with Crippen molar-refractivity contribution < 1.29 is 4.79 Å². The molecule has 1 saturated heterocycles. The number of hydrogen-bond donors (Lipinski definition) is 0. The molecule has 0 N–H and O–H groups in total. The Hall–Kier alpha value is -2.53. The van der Waals surface area contributed by atoms with E-state index in [1.165, 1.54) is 19.3 Å². The van der Waals surface area contributed by atoms with Crippen molar-refractivity contribution in [3.63, 3.8) is 0 Å². The van der Waals surface area contributed by atoms with Gasteiger partial charge in [0.15, 0.2) is 0 Å². The first kappa shape index (κ1) is 15.0. The summed E-state index contributed by atoms with van der Waals surface area (Å²) in [5, 5.41) is 0. The maximum absolute atomic E-state index is 13.0. The topological polar surface area (TPSA) is 48.8 Å². The van der Waals surface area contributed by atoms with Crippen molar-refractivity contribution in [2.75, 3.05) is 24.7 Å². The van der Waals surface area contributed by atoms with E-state index in [1.807, 2.05) is 41.3 Å². The summed E-state index contributed by atoms with van der Waals surface area (Å²) < 4.78 is 0. The Morgan fingerprint density at radius 2 is 1.88 bits per heavy atom. The van der Waals surface area contributed by atoms with Crippen LogP contribution in [-0.4, -0.2) is 41.3 Å². The van der Waals surface area contributed by atoms with Crippen molar-refractivity contribution in [1.82, 2.24) is 9.88 Å². The van der Waals surface area contributed by atoms with E-state index in [9.17, 15) is 4.79 Å². The second kappa shape index (κ2) is 6.53. The Balaban J connectivity index is 1.67. The predicted molar refractivity (Wildman–Crippen MR) is 94.7 cm³/mol. The standard InChI is InChI=1S/C19H20N4O/c24-19-18(21-15-7-6-10-20-13-15)16-8-2-3-9-17(16)23(19)14-22-11-4-1-5-12-22/h2-3,6-10,13H,1,4-5,11-12,14H2. The van der Waals surface area contributed by atoms with Crippen LogP contribution >= 0.6 is 0 Å². The second-order valence-corrected chi connectivity index (χ2v) is 6.24. The lowest BCUT2D eigenvalue weighted by Gasteiger charge is -2.30. The molecule has 1 amide bonds. The van der Waals surface area contributed by atoms with Gasteiger partial charge in [-0.2, -0.15) is 0 Å². The first-order valence-corrected chi connectivity index (χ1v) is 8.45. The van der Waals surface area contributed by atoms with Crippen LogP contribution in [0.2, 0.25) is 0 Å². The summed E-state index contributed by atoms with van der Waals surface area (Å²) in [6.07, 6.45) is 7.09. The van der Waals surface area contributed by atoms with Gasteiger partial charge in [-0.25, -0.2) is 4.99 Å². The monoisotopic (exact) mass is 320 g/mol. The molecule has 122 valence electrons. The van der Waals surface area contributed by atoms with E-state index in [0.717, 1.165) is 24.3 Å². The van der Waals surface area contributed by atoms with E-state index in [1.54, 1.807) is 12.4 Å². The van der Waals surface area contributed by atoms with E-state index < -0.39 is 0 Å². The minimum atomic E-state index is -0.0226. The summed E-state index contributed by atoms with van der Waals surface area (Å²) in [4.78, 5) is 25.8. The zero-order valence-electron chi connectivity index (χ0n) is 13.6. The molecule has 2 aliphatic heterocycles. The molecule has 0 aliphatic carbocycles. The number of aliphatic imine (C=N–C) groups is 1. The van der Waals surface area contributed by atoms with E-state index >= 15 is 0 Å². The molecular formula is C19H20N4O. The quantitative estimate of drug-likeness (QED) is 0.873. The van der Waals surface area contributed by atoms with Crippen molar-refractivity contribution in [2.24, 2.45) is 4.99 Å². The number of carbonyl (C=O) groups excluding carboxylic acids is 1. The maximum atomic E-state index is 13.0. The molecule has 2 aliphatic rings. The largest absolute Gasteiger partial charge is 0.293 e. The zero-order chi connectivity index (χ0) is 16.4. The molecule has 0 atom stereocenters. The molecule has 24 heavy (non-hydrogen) atoms. The summed E-state index contributed by atoms with van der Waals surface area (Å²) in [7, 11) is 0. The Labute approximate surface area is 141 Å². The summed E-state index contributed by atoms with van der Waals surface area (Å²) in [6, 6.07) is 11.6. The molecule has 5 heteroatoms. The number of fused-ring (bicyclic) bond motifs is 1. The molecular weight excluding hydrogens is 300 g/mol.